The summed E-state index contributed by atoms with van der Waals surface area (Å²) < 4.78 is 77.4. The molecule has 43 heavy (non-hydrogen) atoms. The molecule has 0 aromatic heterocycles. The number of amides is 4. The minimum Gasteiger partial charge on any atom is -0.504 e. The second kappa shape index (κ2) is 9.37. The van der Waals surface area contributed by atoms with E-state index in [1.807, 2.05) is 0 Å². The average Bonchev–Trinajstić information content (AvgIpc) is 3.29. The molecule has 0 radical (unpaired) electrons. The molecule has 6 rings (SSSR count). The van der Waals surface area contributed by atoms with Gasteiger partial charge in [0, 0.05) is 5.92 Å². The van der Waals surface area contributed by atoms with E-state index in [0.717, 1.165) is 6.07 Å². The maximum atomic E-state index is 15.0. The fraction of sp³-hybridized carbons (Fsp3) is 0.333. The second-order valence-electron chi connectivity index (χ2n) is 10.6. The number of rotatable bonds is 3. The normalized spacial score (nSPS) is 31.7. The lowest BCUT2D eigenvalue weighted by Gasteiger charge is -2.50. The smallest absolute Gasteiger partial charge is 0.258 e. The fourth-order valence-corrected chi connectivity index (χ4v) is 7.73. The highest BCUT2D eigenvalue weighted by molar-refractivity contribution is 6.58. The van der Waals surface area contributed by atoms with Gasteiger partial charge in [0.1, 0.15) is 5.69 Å². The van der Waals surface area contributed by atoms with Crippen LogP contribution < -0.4 is 9.64 Å². The zero-order valence-electron chi connectivity index (χ0n) is 21.5. The highest BCUT2D eigenvalue weighted by Crippen LogP contribution is 2.66. The van der Waals surface area contributed by atoms with E-state index in [4.69, 9.17) is 27.9 Å². The predicted molar refractivity (Wildman–Crippen MR) is 135 cm³/mol. The molecule has 4 amide bonds. The SMILES string of the molecule is COc1cc([C@H]2C3=CC[C@@H]4C(=O)N(O)C(=O)[C@@H]4[C@@H]3C[C@@]3(Cl)C(=O)N(c4c(F)c(F)c(F)c(F)c4F)C(=O)[C@@]23Cl)ccc1O. The Bertz CT molecular complexity index is 1690. The van der Waals surface area contributed by atoms with Gasteiger partial charge >= 0.3 is 0 Å². The Kier molecular flexibility index (Phi) is 6.39. The van der Waals surface area contributed by atoms with E-state index >= 15 is 0 Å². The van der Waals surface area contributed by atoms with Gasteiger partial charge in [-0.2, -0.15) is 5.06 Å². The van der Waals surface area contributed by atoms with Crippen molar-refractivity contribution in [3.8, 4) is 11.5 Å². The number of imide groups is 2. The Hall–Kier alpha value is -3.75. The minimum absolute atomic E-state index is 0.0436. The van der Waals surface area contributed by atoms with Gasteiger partial charge in [0.05, 0.1) is 18.9 Å². The highest BCUT2D eigenvalue weighted by Gasteiger charge is 2.77. The summed E-state index contributed by atoms with van der Waals surface area (Å²) in [4.78, 5) is 48.0. The Morgan fingerprint density at radius 2 is 1.51 bits per heavy atom. The van der Waals surface area contributed by atoms with Crippen LogP contribution in [0.1, 0.15) is 24.3 Å². The van der Waals surface area contributed by atoms with Crippen LogP contribution in [0.3, 0.4) is 0 Å². The van der Waals surface area contributed by atoms with Gasteiger partial charge in [-0.1, -0.05) is 17.7 Å². The molecule has 0 spiro atoms. The number of phenols is 1. The Morgan fingerprint density at radius 3 is 2.12 bits per heavy atom. The minimum atomic E-state index is -2.71. The summed E-state index contributed by atoms with van der Waals surface area (Å²) in [6.45, 7) is 0. The first-order valence-electron chi connectivity index (χ1n) is 12.5. The lowest BCUT2D eigenvalue weighted by molar-refractivity contribution is -0.173. The van der Waals surface area contributed by atoms with Crippen molar-refractivity contribution in [2.75, 3.05) is 12.0 Å². The first-order valence-corrected chi connectivity index (χ1v) is 13.3. The van der Waals surface area contributed by atoms with Crippen molar-refractivity contribution >= 4 is 52.5 Å². The van der Waals surface area contributed by atoms with E-state index in [1.165, 1.54) is 25.3 Å². The molecule has 0 unspecified atom stereocenters. The number of carbonyl (C=O) groups is 4. The summed E-state index contributed by atoms with van der Waals surface area (Å²) in [5, 5.41) is 20.2. The molecule has 2 saturated heterocycles. The molecule has 2 aliphatic carbocycles. The number of allylic oxidation sites excluding steroid dienone is 2. The zero-order valence-corrected chi connectivity index (χ0v) is 23.0. The van der Waals surface area contributed by atoms with Crippen molar-refractivity contribution in [2.45, 2.75) is 28.5 Å². The molecule has 2 aliphatic heterocycles. The van der Waals surface area contributed by atoms with Crippen LogP contribution in [0.15, 0.2) is 29.8 Å². The number of methoxy groups -OCH3 is 1. The number of aromatic hydroxyl groups is 1. The number of hydroxylamine groups is 2. The van der Waals surface area contributed by atoms with E-state index in [9.17, 15) is 51.4 Å². The summed E-state index contributed by atoms with van der Waals surface area (Å²) in [6.07, 6.45) is 0.620. The number of halogens is 7. The number of hydrogen-bond donors (Lipinski definition) is 2. The molecule has 3 fully saturated rings. The number of phenolic OH excluding ortho intramolecular Hbond substituents is 1. The summed E-state index contributed by atoms with van der Waals surface area (Å²) >= 11 is 13.9. The molecule has 9 nitrogen and oxygen atoms in total. The van der Waals surface area contributed by atoms with Crippen molar-refractivity contribution < 1.29 is 56.2 Å². The van der Waals surface area contributed by atoms with Crippen LogP contribution in [0.25, 0.3) is 0 Å². The molecule has 1 saturated carbocycles. The van der Waals surface area contributed by atoms with E-state index in [1.54, 1.807) is 0 Å². The molecule has 6 atom stereocenters. The second-order valence-corrected chi connectivity index (χ2v) is 11.9. The molecule has 2 heterocycles. The van der Waals surface area contributed by atoms with Crippen molar-refractivity contribution in [3.05, 3.63) is 64.5 Å². The summed E-state index contributed by atoms with van der Waals surface area (Å²) in [5.74, 6) is -23.3. The largest absolute Gasteiger partial charge is 0.504 e. The Labute approximate surface area is 248 Å². The molecule has 4 aliphatic rings. The first-order chi connectivity index (χ1) is 20.1. The van der Waals surface area contributed by atoms with E-state index in [-0.39, 0.29) is 39.0 Å². The van der Waals surface area contributed by atoms with Crippen molar-refractivity contribution in [2.24, 2.45) is 17.8 Å². The van der Waals surface area contributed by atoms with Crippen LogP contribution >= 0.6 is 23.2 Å². The maximum absolute atomic E-state index is 15.0. The third-order valence-corrected chi connectivity index (χ3v) is 10.1. The van der Waals surface area contributed by atoms with Crippen LogP contribution in [-0.4, -0.2) is 55.9 Å². The first kappa shape index (κ1) is 29.3. The average molecular weight is 647 g/mol. The van der Waals surface area contributed by atoms with Gasteiger partial charge in [0.15, 0.2) is 44.5 Å². The number of carbonyl (C=O) groups excluding carboxylic acids is 4. The third-order valence-electron chi connectivity index (χ3n) is 8.74. The number of fused-ring (bicyclic) bond motifs is 4. The van der Waals surface area contributed by atoms with Gasteiger partial charge in [-0.3, -0.25) is 24.4 Å². The van der Waals surface area contributed by atoms with Crippen LogP contribution in [0.2, 0.25) is 0 Å². The van der Waals surface area contributed by atoms with Crippen LogP contribution in [0, 0.1) is 46.8 Å². The molecular weight excluding hydrogens is 630 g/mol. The molecule has 2 aromatic rings. The van der Waals surface area contributed by atoms with Gasteiger partial charge in [-0.05, 0) is 36.5 Å². The number of hydrogen-bond acceptors (Lipinski definition) is 7. The Balaban J connectivity index is 1.62. The topological polar surface area (TPSA) is 124 Å². The van der Waals surface area contributed by atoms with Gasteiger partial charge in [-0.15, -0.1) is 23.2 Å². The lowest BCUT2D eigenvalue weighted by atomic mass is 9.56. The number of alkyl halides is 2. The van der Waals surface area contributed by atoms with Gasteiger partial charge in [0.2, 0.25) is 5.82 Å². The van der Waals surface area contributed by atoms with Crippen molar-refractivity contribution in [1.29, 1.82) is 0 Å². The summed E-state index contributed by atoms with van der Waals surface area (Å²) in [6, 6.07) is 3.62. The van der Waals surface area contributed by atoms with Crippen molar-refractivity contribution in [3.63, 3.8) is 0 Å². The van der Waals surface area contributed by atoms with Crippen LogP contribution in [0.5, 0.6) is 11.5 Å². The standard InChI is InChI=1S/C27H17Cl2F5N2O7/c1-43-13-6-8(2-5-12(13)37)15-9-3-4-10-14(23(39)36(42)22(10)38)11(9)7-26(28)24(40)35(25(41)27(15,26)29)21-19(33)17(31)16(30)18(32)20(21)34/h2-3,5-6,10-11,14-15,37,42H,4,7H2,1H3/t10-,11+,14-,15-,26+,27-/m0/s1. The van der Waals surface area contributed by atoms with Crippen LogP contribution in [-0.2, 0) is 19.2 Å². The zero-order chi connectivity index (χ0) is 31.5. The van der Waals surface area contributed by atoms with Gasteiger partial charge < -0.3 is 9.84 Å². The quantitative estimate of drug-likeness (QED) is 0.0981. The van der Waals surface area contributed by atoms with Crippen LogP contribution in [0.4, 0.5) is 27.6 Å². The molecule has 226 valence electrons. The van der Waals surface area contributed by atoms with Gasteiger partial charge in [-0.25, -0.2) is 26.9 Å². The summed E-state index contributed by atoms with van der Waals surface area (Å²) in [7, 11) is 1.20. The molecule has 16 heteroatoms. The van der Waals surface area contributed by atoms with E-state index < -0.39 is 98.2 Å². The number of benzene rings is 2. The molecule has 2 aromatic carbocycles. The van der Waals surface area contributed by atoms with Crippen molar-refractivity contribution in [1.82, 2.24) is 5.06 Å². The number of ether oxygens (including phenoxy) is 1. The maximum Gasteiger partial charge on any atom is 0.258 e. The monoisotopic (exact) mass is 646 g/mol. The third kappa shape index (κ3) is 3.48. The highest BCUT2D eigenvalue weighted by atomic mass is 35.5. The molecular formula is C27H17Cl2F5N2O7. The van der Waals surface area contributed by atoms with E-state index in [0.29, 0.717) is 0 Å². The lowest BCUT2D eigenvalue weighted by Crippen LogP contribution is -2.60. The summed E-state index contributed by atoms with van der Waals surface area (Å²) in [5.41, 5.74) is -1.68. The number of anilines is 1. The predicted octanol–water partition coefficient (Wildman–Crippen LogP) is 4.05. The van der Waals surface area contributed by atoms with Gasteiger partial charge in [0.25, 0.3) is 23.6 Å². The Morgan fingerprint density at radius 1 is 0.907 bits per heavy atom. The van der Waals surface area contributed by atoms with E-state index in [2.05, 4.69) is 0 Å². The fourth-order valence-electron chi connectivity index (χ4n) is 6.80. The number of nitrogens with zero attached hydrogens (tertiary/aromatic N) is 2. The molecule has 2 N–H and O–H groups in total. The molecule has 0 bridgehead atoms.